The molecule has 0 bridgehead atoms. The second-order valence-corrected chi connectivity index (χ2v) is 8.94. The summed E-state index contributed by atoms with van der Waals surface area (Å²) in [4.78, 5) is 34.5. The van der Waals surface area contributed by atoms with Gasteiger partial charge in [0.15, 0.2) is 6.61 Å². The van der Waals surface area contributed by atoms with Crippen LogP contribution in [0.3, 0.4) is 0 Å². The second kappa shape index (κ2) is 10.5. The molecule has 3 rings (SSSR count). The van der Waals surface area contributed by atoms with Crippen molar-refractivity contribution in [3.63, 3.8) is 0 Å². The molecule has 0 saturated carbocycles. The van der Waals surface area contributed by atoms with Gasteiger partial charge in [0.1, 0.15) is 16.3 Å². The molecule has 13 nitrogen and oxygen atoms in total. The number of amides is 1. The molecular formula is C20H22N4O9S. The van der Waals surface area contributed by atoms with Crippen molar-refractivity contribution in [2.75, 3.05) is 51.1 Å². The predicted molar refractivity (Wildman–Crippen MR) is 119 cm³/mol. The van der Waals surface area contributed by atoms with E-state index in [2.05, 4.69) is 5.32 Å². The molecule has 182 valence electrons. The predicted octanol–water partition coefficient (Wildman–Crippen LogP) is 1.00. The Balaban J connectivity index is 1.69. The van der Waals surface area contributed by atoms with Crippen molar-refractivity contribution < 1.29 is 37.1 Å². The van der Waals surface area contributed by atoms with Gasteiger partial charge in [0.05, 0.1) is 30.8 Å². The summed E-state index contributed by atoms with van der Waals surface area (Å²) in [7, 11) is -2.59. The number of hydrogen-bond donors (Lipinski definition) is 2. The number of nitrogens with two attached hydrogens (primary N) is 1. The van der Waals surface area contributed by atoms with E-state index >= 15 is 0 Å². The van der Waals surface area contributed by atoms with Crippen LogP contribution < -0.4 is 15.8 Å². The number of nitro groups is 1. The lowest BCUT2D eigenvalue weighted by Crippen LogP contribution is -2.40. The highest BCUT2D eigenvalue weighted by atomic mass is 32.2. The number of nitrogen functional groups attached to an aromatic ring is 1. The zero-order valence-electron chi connectivity index (χ0n) is 18.1. The second-order valence-electron chi connectivity index (χ2n) is 7.04. The molecule has 1 heterocycles. The van der Waals surface area contributed by atoms with Gasteiger partial charge in [-0.15, -0.1) is 0 Å². The van der Waals surface area contributed by atoms with Crippen molar-refractivity contribution in [3.05, 3.63) is 52.1 Å². The van der Waals surface area contributed by atoms with E-state index in [1.807, 2.05) is 0 Å². The van der Waals surface area contributed by atoms with Crippen molar-refractivity contribution in [2.24, 2.45) is 0 Å². The van der Waals surface area contributed by atoms with Crippen LogP contribution in [-0.2, 0) is 24.3 Å². The molecule has 0 unspecified atom stereocenters. The number of nitro benzene ring substituents is 1. The number of sulfonamides is 1. The molecule has 3 N–H and O–H groups in total. The Hall–Kier alpha value is -3.75. The Labute approximate surface area is 194 Å². The molecule has 1 aliphatic rings. The first-order chi connectivity index (χ1) is 16.1. The van der Waals surface area contributed by atoms with Crippen molar-refractivity contribution in [3.8, 4) is 5.75 Å². The van der Waals surface area contributed by atoms with Crippen LogP contribution in [0, 0.1) is 10.1 Å². The number of hydrogen-bond acceptors (Lipinski definition) is 10. The van der Waals surface area contributed by atoms with Crippen LogP contribution in [0.15, 0.2) is 41.3 Å². The van der Waals surface area contributed by atoms with E-state index < -0.39 is 39.1 Å². The fourth-order valence-corrected chi connectivity index (χ4v) is 4.71. The zero-order valence-corrected chi connectivity index (χ0v) is 18.9. The van der Waals surface area contributed by atoms with Gasteiger partial charge in [-0.05, 0) is 30.3 Å². The maximum Gasteiger partial charge on any atom is 0.338 e. The normalized spacial score (nSPS) is 14.3. The van der Waals surface area contributed by atoms with Crippen LogP contribution in [0.4, 0.5) is 17.1 Å². The third-order valence-electron chi connectivity index (χ3n) is 4.83. The third-order valence-corrected chi connectivity index (χ3v) is 6.75. The van der Waals surface area contributed by atoms with E-state index in [1.165, 1.54) is 41.7 Å². The van der Waals surface area contributed by atoms with Gasteiger partial charge in [-0.1, -0.05) is 0 Å². The van der Waals surface area contributed by atoms with Gasteiger partial charge >= 0.3 is 5.97 Å². The highest BCUT2D eigenvalue weighted by Gasteiger charge is 2.29. The number of nitrogens with one attached hydrogen (secondary N) is 1. The van der Waals surface area contributed by atoms with Gasteiger partial charge in [-0.3, -0.25) is 14.9 Å². The summed E-state index contributed by atoms with van der Waals surface area (Å²) >= 11 is 0. The molecular weight excluding hydrogens is 472 g/mol. The summed E-state index contributed by atoms with van der Waals surface area (Å²) in [6, 6.07) is 7.43. The minimum atomic E-state index is -3.91. The van der Waals surface area contributed by atoms with E-state index in [0.29, 0.717) is 0 Å². The Kier molecular flexibility index (Phi) is 7.65. The average Bonchev–Trinajstić information content (AvgIpc) is 2.83. The molecule has 1 aliphatic heterocycles. The molecule has 1 saturated heterocycles. The molecule has 0 atom stereocenters. The number of esters is 1. The molecule has 0 spiro atoms. The summed E-state index contributed by atoms with van der Waals surface area (Å²) in [6.07, 6.45) is 0. The zero-order chi connectivity index (χ0) is 24.9. The number of morpholine rings is 1. The highest BCUT2D eigenvalue weighted by Crippen LogP contribution is 2.30. The number of methoxy groups -OCH3 is 1. The number of carbonyl (C=O) groups excluding carboxylic acids is 2. The maximum atomic E-state index is 13.0. The number of ether oxygens (including phenoxy) is 3. The summed E-state index contributed by atoms with van der Waals surface area (Å²) in [5.41, 5.74) is 4.88. The van der Waals surface area contributed by atoms with Crippen LogP contribution in [0.25, 0.3) is 0 Å². The van der Waals surface area contributed by atoms with E-state index in [4.69, 9.17) is 19.9 Å². The van der Waals surface area contributed by atoms with E-state index in [1.54, 1.807) is 0 Å². The molecule has 0 radical (unpaired) electrons. The van der Waals surface area contributed by atoms with Crippen LogP contribution in [0.1, 0.15) is 10.4 Å². The smallest absolute Gasteiger partial charge is 0.338 e. The largest absolute Gasteiger partial charge is 0.495 e. The summed E-state index contributed by atoms with van der Waals surface area (Å²) in [6.45, 7) is 0.179. The fourth-order valence-electron chi connectivity index (χ4n) is 3.12. The number of nitrogens with zero attached hydrogens (tertiary/aromatic N) is 2. The summed E-state index contributed by atoms with van der Waals surface area (Å²) in [5.74, 6) is -1.62. The quantitative estimate of drug-likeness (QED) is 0.232. The van der Waals surface area contributed by atoms with Crippen LogP contribution in [0.2, 0.25) is 0 Å². The first kappa shape index (κ1) is 24.9. The molecule has 34 heavy (non-hydrogen) atoms. The Bertz CT molecular complexity index is 1210. The van der Waals surface area contributed by atoms with Gasteiger partial charge < -0.3 is 25.3 Å². The SMILES string of the molecule is COc1ccc(NC(=O)COC(=O)c2ccc(N)c([N+](=O)[O-])c2)cc1S(=O)(=O)N1CCOCC1. The van der Waals surface area contributed by atoms with Gasteiger partial charge in [0.2, 0.25) is 10.0 Å². The van der Waals surface area contributed by atoms with E-state index in [0.717, 1.165) is 6.07 Å². The van der Waals surface area contributed by atoms with Crippen molar-refractivity contribution in [1.29, 1.82) is 0 Å². The standard InChI is InChI=1S/C20H22N4O9S/c1-31-17-5-3-14(11-18(17)34(29,30)23-6-8-32-9-7-23)22-19(25)12-33-20(26)13-2-4-15(21)16(10-13)24(27)28/h2-5,10-11H,6-9,12,21H2,1H3,(H,22,25). The Morgan fingerprint density at radius 3 is 2.56 bits per heavy atom. The number of rotatable bonds is 8. The maximum absolute atomic E-state index is 13.0. The fraction of sp³-hybridized carbons (Fsp3) is 0.300. The summed E-state index contributed by atoms with van der Waals surface area (Å²) < 4.78 is 42.6. The third kappa shape index (κ3) is 5.59. The molecule has 14 heteroatoms. The molecule has 0 aromatic heterocycles. The Morgan fingerprint density at radius 2 is 1.91 bits per heavy atom. The minimum absolute atomic E-state index is 0.0980. The highest BCUT2D eigenvalue weighted by molar-refractivity contribution is 7.89. The first-order valence-corrected chi connectivity index (χ1v) is 11.3. The molecule has 1 amide bonds. The monoisotopic (exact) mass is 494 g/mol. The first-order valence-electron chi connectivity index (χ1n) is 9.90. The van der Waals surface area contributed by atoms with Gasteiger partial charge in [0.25, 0.3) is 11.6 Å². The molecule has 1 fully saturated rings. The minimum Gasteiger partial charge on any atom is -0.495 e. The van der Waals surface area contributed by atoms with Gasteiger partial charge in [0, 0.05) is 24.8 Å². The van der Waals surface area contributed by atoms with E-state index in [-0.39, 0.29) is 53.9 Å². The topological polar surface area (TPSA) is 180 Å². The molecule has 0 aliphatic carbocycles. The average molecular weight is 494 g/mol. The number of carbonyl (C=O) groups is 2. The lowest BCUT2D eigenvalue weighted by Gasteiger charge is -2.26. The van der Waals surface area contributed by atoms with Gasteiger partial charge in [-0.2, -0.15) is 4.31 Å². The molecule has 2 aromatic carbocycles. The van der Waals surface area contributed by atoms with Crippen LogP contribution in [-0.4, -0.2) is 69.5 Å². The lowest BCUT2D eigenvalue weighted by molar-refractivity contribution is -0.383. The number of anilines is 2. The van der Waals surface area contributed by atoms with Crippen molar-refractivity contribution >= 4 is 39.0 Å². The van der Waals surface area contributed by atoms with Crippen molar-refractivity contribution in [2.45, 2.75) is 4.90 Å². The van der Waals surface area contributed by atoms with E-state index in [9.17, 15) is 28.1 Å². The lowest BCUT2D eigenvalue weighted by atomic mass is 10.2. The number of benzene rings is 2. The van der Waals surface area contributed by atoms with Crippen LogP contribution in [0.5, 0.6) is 5.75 Å². The molecule has 2 aromatic rings. The van der Waals surface area contributed by atoms with Crippen molar-refractivity contribution in [1.82, 2.24) is 4.31 Å². The summed E-state index contributed by atoms with van der Waals surface area (Å²) in [5, 5.41) is 13.4. The van der Waals surface area contributed by atoms with Crippen LogP contribution >= 0.6 is 0 Å². The Morgan fingerprint density at radius 1 is 1.21 bits per heavy atom. The van der Waals surface area contributed by atoms with Gasteiger partial charge in [-0.25, -0.2) is 13.2 Å².